The van der Waals surface area contributed by atoms with Gasteiger partial charge in [-0.05, 0) is 32.5 Å². The molecule has 0 saturated carbocycles. The van der Waals surface area contributed by atoms with Crippen LogP contribution in [0.25, 0.3) is 0 Å². The Hall–Kier alpha value is 0.400. The molecule has 0 rings (SSSR count). The maximum atomic E-state index is 3.94. The molecule has 0 aliphatic rings. The molecule has 0 bridgehead atoms. The minimum absolute atomic E-state index is 0.171. The molecule has 0 aromatic carbocycles. The monoisotopic (exact) mass is 219 g/mol. The lowest BCUT2D eigenvalue weighted by Crippen LogP contribution is -2.34. The van der Waals surface area contributed by atoms with Crippen LogP contribution in [0.15, 0.2) is 12.7 Å². The zero-order valence-corrected chi connectivity index (χ0v) is 11.0. The Balaban J connectivity index is 4.43. The normalized spacial score (nSPS) is 14.6. The summed E-state index contributed by atoms with van der Waals surface area (Å²) in [6, 6.07) is 0. The first-order chi connectivity index (χ1) is 6.02. The van der Waals surface area contributed by atoms with Crippen LogP contribution in [0.4, 0.5) is 0 Å². The minimum Gasteiger partial charge on any atom is -0.309 e. The van der Waals surface area contributed by atoms with Gasteiger partial charge in [0.15, 0.2) is 0 Å². The van der Waals surface area contributed by atoms with Gasteiger partial charge in [-0.2, -0.15) is 0 Å². The molecule has 0 aliphatic carbocycles. The molecule has 1 nitrogen and oxygen atoms in total. The maximum Gasteiger partial charge on any atom is 0.0820 e. The molecule has 0 spiro atoms. The van der Waals surface area contributed by atoms with E-state index < -0.39 is 0 Å². The van der Waals surface area contributed by atoms with Crippen LogP contribution in [-0.4, -0.2) is 42.1 Å². The summed E-state index contributed by atoms with van der Waals surface area (Å²) in [5.74, 6) is 0.616. The average Bonchev–Trinajstić information content (AvgIpc) is 2.07. The Morgan fingerprint density at radius 3 is 2.08 bits per heavy atom. The molecule has 13 heavy (non-hydrogen) atoms. The van der Waals surface area contributed by atoms with Crippen LogP contribution in [-0.2, 0) is 0 Å². The molecule has 3 heteroatoms. The average molecular weight is 219 g/mol. The van der Waals surface area contributed by atoms with Crippen LogP contribution in [0.3, 0.4) is 0 Å². The summed E-state index contributed by atoms with van der Waals surface area (Å²) in [5.41, 5.74) is 0. The second kappa shape index (κ2) is 5.99. The summed E-state index contributed by atoms with van der Waals surface area (Å²) in [6.45, 7) is 7.33. The van der Waals surface area contributed by atoms with E-state index in [0.29, 0.717) is 5.92 Å². The van der Waals surface area contributed by atoms with Crippen molar-refractivity contribution < 1.29 is 0 Å². The van der Waals surface area contributed by atoms with Crippen molar-refractivity contribution in [2.45, 2.75) is 11.0 Å². The van der Waals surface area contributed by atoms with Crippen LogP contribution in [0.5, 0.6) is 0 Å². The van der Waals surface area contributed by atoms with E-state index in [4.69, 9.17) is 0 Å². The van der Waals surface area contributed by atoms with Crippen molar-refractivity contribution in [2.75, 3.05) is 33.2 Å². The van der Waals surface area contributed by atoms with E-state index in [9.17, 15) is 0 Å². The summed E-state index contributed by atoms with van der Waals surface area (Å²) in [5, 5.41) is 0. The molecule has 1 atom stereocenters. The second-order valence-electron chi connectivity index (χ2n) is 3.50. The molecule has 0 radical (unpaired) electrons. The highest BCUT2D eigenvalue weighted by Crippen LogP contribution is 2.41. The van der Waals surface area contributed by atoms with Crippen LogP contribution in [0, 0.1) is 5.92 Å². The standard InChI is InChI=1S/C10H21NS2/c1-7-10(12-5,13-6)9(2)8-11(3)4/h7,9H,1,8H2,2-6H3. The summed E-state index contributed by atoms with van der Waals surface area (Å²) < 4.78 is 0.171. The topological polar surface area (TPSA) is 3.24 Å². The largest absolute Gasteiger partial charge is 0.309 e. The van der Waals surface area contributed by atoms with Crippen molar-refractivity contribution >= 4 is 23.5 Å². The Morgan fingerprint density at radius 1 is 1.38 bits per heavy atom. The van der Waals surface area contributed by atoms with Crippen molar-refractivity contribution in [2.24, 2.45) is 5.92 Å². The van der Waals surface area contributed by atoms with E-state index in [0.717, 1.165) is 6.54 Å². The maximum absolute atomic E-state index is 3.94. The molecular formula is C10H21NS2. The fourth-order valence-corrected chi connectivity index (χ4v) is 3.48. The lowest BCUT2D eigenvalue weighted by molar-refractivity contribution is 0.338. The number of hydrogen-bond donors (Lipinski definition) is 0. The van der Waals surface area contributed by atoms with E-state index in [2.05, 4.69) is 51.1 Å². The van der Waals surface area contributed by atoms with Gasteiger partial charge in [-0.1, -0.05) is 13.0 Å². The van der Waals surface area contributed by atoms with Crippen molar-refractivity contribution in [3.63, 3.8) is 0 Å². The Kier molecular flexibility index (Phi) is 6.18. The molecule has 1 unspecified atom stereocenters. The van der Waals surface area contributed by atoms with E-state index in [1.807, 2.05) is 23.5 Å². The lowest BCUT2D eigenvalue weighted by Gasteiger charge is -2.34. The predicted octanol–water partition coefficient (Wildman–Crippen LogP) is 2.79. The number of thioether (sulfide) groups is 2. The molecule has 0 aromatic heterocycles. The highest BCUT2D eigenvalue weighted by atomic mass is 32.2. The first kappa shape index (κ1) is 13.4. The Morgan fingerprint density at radius 2 is 1.85 bits per heavy atom. The van der Waals surface area contributed by atoms with E-state index in [1.165, 1.54) is 0 Å². The van der Waals surface area contributed by atoms with Crippen LogP contribution >= 0.6 is 23.5 Å². The van der Waals surface area contributed by atoms with E-state index in [-0.39, 0.29) is 4.08 Å². The Bertz CT molecular complexity index is 153. The zero-order valence-electron chi connectivity index (χ0n) is 9.33. The van der Waals surface area contributed by atoms with Gasteiger partial charge in [-0.25, -0.2) is 0 Å². The van der Waals surface area contributed by atoms with E-state index >= 15 is 0 Å². The van der Waals surface area contributed by atoms with Gasteiger partial charge in [0.25, 0.3) is 0 Å². The smallest absolute Gasteiger partial charge is 0.0820 e. The van der Waals surface area contributed by atoms with Gasteiger partial charge >= 0.3 is 0 Å². The first-order valence-electron chi connectivity index (χ1n) is 4.41. The number of hydrogen-bond acceptors (Lipinski definition) is 3. The minimum atomic E-state index is 0.171. The van der Waals surface area contributed by atoms with Crippen LogP contribution in [0.1, 0.15) is 6.92 Å². The summed E-state index contributed by atoms with van der Waals surface area (Å²) in [7, 11) is 4.23. The molecular weight excluding hydrogens is 198 g/mol. The molecule has 0 N–H and O–H groups in total. The van der Waals surface area contributed by atoms with Gasteiger partial charge in [0, 0.05) is 6.54 Å². The lowest BCUT2D eigenvalue weighted by atomic mass is 10.1. The third-order valence-corrected chi connectivity index (χ3v) is 5.66. The SMILES string of the molecule is C=CC(SC)(SC)C(C)CN(C)C. The quantitative estimate of drug-likeness (QED) is 0.499. The molecule has 0 heterocycles. The zero-order chi connectivity index (χ0) is 10.5. The third-order valence-electron chi connectivity index (χ3n) is 2.25. The summed E-state index contributed by atoms with van der Waals surface area (Å²) in [4.78, 5) is 2.23. The van der Waals surface area contributed by atoms with Gasteiger partial charge in [0.2, 0.25) is 0 Å². The van der Waals surface area contributed by atoms with Gasteiger partial charge in [-0.3, -0.25) is 0 Å². The Labute approximate surface area is 91.3 Å². The summed E-state index contributed by atoms with van der Waals surface area (Å²) in [6.07, 6.45) is 6.39. The van der Waals surface area contributed by atoms with Gasteiger partial charge in [0.1, 0.15) is 0 Å². The molecule has 0 fully saturated rings. The van der Waals surface area contributed by atoms with Crippen molar-refractivity contribution in [3.05, 3.63) is 12.7 Å². The van der Waals surface area contributed by atoms with Crippen LogP contribution in [0.2, 0.25) is 0 Å². The highest BCUT2D eigenvalue weighted by Gasteiger charge is 2.31. The fourth-order valence-electron chi connectivity index (χ4n) is 1.53. The highest BCUT2D eigenvalue weighted by molar-refractivity contribution is 8.17. The fraction of sp³-hybridized carbons (Fsp3) is 0.800. The third kappa shape index (κ3) is 3.56. The van der Waals surface area contributed by atoms with Crippen molar-refractivity contribution in [3.8, 4) is 0 Å². The molecule has 0 amide bonds. The van der Waals surface area contributed by atoms with Gasteiger partial charge in [-0.15, -0.1) is 30.1 Å². The van der Waals surface area contributed by atoms with Gasteiger partial charge in [0.05, 0.1) is 4.08 Å². The number of nitrogens with zero attached hydrogens (tertiary/aromatic N) is 1. The molecule has 0 saturated heterocycles. The van der Waals surface area contributed by atoms with Crippen molar-refractivity contribution in [1.82, 2.24) is 4.90 Å². The molecule has 0 aromatic rings. The molecule has 78 valence electrons. The summed E-state index contributed by atoms with van der Waals surface area (Å²) >= 11 is 3.77. The van der Waals surface area contributed by atoms with E-state index in [1.54, 1.807) is 0 Å². The molecule has 0 aliphatic heterocycles. The second-order valence-corrected chi connectivity index (χ2v) is 5.92. The first-order valence-corrected chi connectivity index (χ1v) is 6.86. The van der Waals surface area contributed by atoms with Crippen molar-refractivity contribution in [1.29, 1.82) is 0 Å². The van der Waals surface area contributed by atoms with Crippen LogP contribution < -0.4 is 0 Å². The van der Waals surface area contributed by atoms with Gasteiger partial charge < -0.3 is 4.90 Å². The predicted molar refractivity (Wildman–Crippen MR) is 67.7 cm³/mol. The number of rotatable bonds is 6.